The number of rotatable bonds is 1. The molecule has 1 saturated heterocycles. The Morgan fingerprint density at radius 1 is 1.05 bits per heavy atom. The smallest absolute Gasteiger partial charge is 0.262 e. The highest BCUT2D eigenvalue weighted by Crippen LogP contribution is 2.29. The average molecular weight is 272 g/mol. The molecule has 3 rings (SSSR count). The van der Waals surface area contributed by atoms with Crippen molar-refractivity contribution in [2.24, 2.45) is 5.92 Å². The number of hydrogen-bond donors (Lipinski definition) is 1. The minimum absolute atomic E-state index is 0.115. The molecule has 6 heteroatoms. The van der Waals surface area contributed by atoms with E-state index in [4.69, 9.17) is 0 Å². The van der Waals surface area contributed by atoms with Crippen LogP contribution in [0.15, 0.2) is 24.3 Å². The van der Waals surface area contributed by atoms with Gasteiger partial charge in [0.05, 0.1) is 11.1 Å². The number of piperidine rings is 1. The Kier molecular flexibility index (Phi) is 2.67. The lowest BCUT2D eigenvalue weighted by Gasteiger charge is -2.32. The van der Waals surface area contributed by atoms with Crippen LogP contribution in [-0.2, 0) is 9.59 Å². The van der Waals surface area contributed by atoms with Gasteiger partial charge in [0.15, 0.2) is 0 Å². The second kappa shape index (κ2) is 4.26. The summed E-state index contributed by atoms with van der Waals surface area (Å²) in [5.74, 6) is -2.32. The van der Waals surface area contributed by atoms with Gasteiger partial charge in [-0.15, -0.1) is 0 Å². The maximum absolute atomic E-state index is 12.3. The first-order valence-corrected chi connectivity index (χ1v) is 6.31. The molecule has 4 amide bonds. The van der Waals surface area contributed by atoms with E-state index in [9.17, 15) is 19.2 Å². The first-order valence-electron chi connectivity index (χ1n) is 6.31. The third kappa shape index (κ3) is 1.65. The average Bonchev–Trinajstić information content (AvgIpc) is 2.64. The molecule has 2 atom stereocenters. The number of benzene rings is 1. The second-order valence-electron chi connectivity index (χ2n) is 5.06. The molecule has 1 aromatic carbocycles. The highest BCUT2D eigenvalue weighted by Gasteiger charge is 2.47. The molecule has 1 N–H and O–H groups in total. The van der Waals surface area contributed by atoms with Gasteiger partial charge in [0.1, 0.15) is 6.04 Å². The van der Waals surface area contributed by atoms with E-state index in [0.29, 0.717) is 11.1 Å². The topological polar surface area (TPSA) is 83.6 Å². The Hall–Kier alpha value is -2.50. The molecule has 1 aromatic rings. The maximum atomic E-state index is 12.3. The number of hydrogen-bond acceptors (Lipinski definition) is 4. The fourth-order valence-electron chi connectivity index (χ4n) is 2.76. The molecule has 2 aliphatic rings. The summed E-state index contributed by atoms with van der Waals surface area (Å²) in [6.45, 7) is 1.69. The Morgan fingerprint density at radius 2 is 1.60 bits per heavy atom. The molecule has 0 spiro atoms. The van der Waals surface area contributed by atoms with E-state index in [1.807, 2.05) is 0 Å². The summed E-state index contributed by atoms with van der Waals surface area (Å²) in [7, 11) is 0. The number of nitrogens with zero attached hydrogens (tertiary/aromatic N) is 1. The van der Waals surface area contributed by atoms with Crippen LogP contribution < -0.4 is 5.32 Å². The Balaban J connectivity index is 2.00. The lowest BCUT2D eigenvalue weighted by atomic mass is 9.92. The van der Waals surface area contributed by atoms with E-state index in [2.05, 4.69) is 5.32 Å². The lowest BCUT2D eigenvalue weighted by molar-refractivity contribution is -0.138. The molecule has 0 aromatic heterocycles. The van der Waals surface area contributed by atoms with E-state index in [1.165, 1.54) is 0 Å². The van der Waals surface area contributed by atoms with Gasteiger partial charge < -0.3 is 0 Å². The van der Waals surface area contributed by atoms with Crippen molar-refractivity contribution >= 4 is 23.6 Å². The first kappa shape index (κ1) is 12.5. The van der Waals surface area contributed by atoms with Crippen LogP contribution in [-0.4, -0.2) is 34.6 Å². The predicted octanol–water partition coefficient (Wildman–Crippen LogP) is 0.334. The fourth-order valence-corrected chi connectivity index (χ4v) is 2.76. The molecular formula is C14H12N2O4. The third-order valence-electron chi connectivity index (χ3n) is 3.68. The largest absolute Gasteiger partial charge is 0.295 e. The highest BCUT2D eigenvalue weighted by molar-refractivity contribution is 6.23. The van der Waals surface area contributed by atoms with Crippen molar-refractivity contribution in [1.29, 1.82) is 0 Å². The van der Waals surface area contributed by atoms with Gasteiger partial charge in [0.25, 0.3) is 11.8 Å². The van der Waals surface area contributed by atoms with Crippen LogP contribution >= 0.6 is 0 Å². The van der Waals surface area contributed by atoms with Gasteiger partial charge in [-0.25, -0.2) is 0 Å². The van der Waals surface area contributed by atoms with Crippen molar-refractivity contribution in [3.8, 4) is 0 Å². The summed E-state index contributed by atoms with van der Waals surface area (Å²) < 4.78 is 0. The molecule has 0 saturated carbocycles. The normalized spacial score (nSPS) is 25.8. The zero-order chi connectivity index (χ0) is 14.4. The molecule has 0 aliphatic carbocycles. The van der Waals surface area contributed by atoms with Crippen molar-refractivity contribution < 1.29 is 19.2 Å². The summed E-state index contributed by atoms with van der Waals surface area (Å²) >= 11 is 0. The number of carbonyl (C=O) groups excluding carboxylic acids is 4. The first-order chi connectivity index (χ1) is 9.50. The number of nitrogens with one attached hydrogen (secondary N) is 1. The number of amides is 4. The highest BCUT2D eigenvalue weighted by atomic mass is 16.2. The number of carbonyl (C=O) groups is 4. The van der Waals surface area contributed by atoms with Crippen LogP contribution in [0.1, 0.15) is 34.1 Å². The maximum Gasteiger partial charge on any atom is 0.262 e. The van der Waals surface area contributed by atoms with Crippen LogP contribution in [0.5, 0.6) is 0 Å². The van der Waals surface area contributed by atoms with Gasteiger partial charge in [0, 0.05) is 6.42 Å². The Morgan fingerprint density at radius 3 is 2.10 bits per heavy atom. The lowest BCUT2D eigenvalue weighted by Crippen LogP contribution is -2.58. The van der Waals surface area contributed by atoms with Gasteiger partial charge in [-0.05, 0) is 18.1 Å². The predicted molar refractivity (Wildman–Crippen MR) is 67.7 cm³/mol. The van der Waals surface area contributed by atoms with Crippen molar-refractivity contribution in [3.63, 3.8) is 0 Å². The van der Waals surface area contributed by atoms with Gasteiger partial charge in [-0.1, -0.05) is 19.1 Å². The summed E-state index contributed by atoms with van der Waals surface area (Å²) in [5, 5.41) is 2.18. The van der Waals surface area contributed by atoms with Gasteiger partial charge in [-0.3, -0.25) is 29.4 Å². The van der Waals surface area contributed by atoms with E-state index < -0.39 is 29.7 Å². The summed E-state index contributed by atoms with van der Waals surface area (Å²) in [6.07, 6.45) is 0.115. The van der Waals surface area contributed by atoms with E-state index in [0.717, 1.165) is 4.90 Å². The zero-order valence-electron chi connectivity index (χ0n) is 10.8. The van der Waals surface area contributed by atoms with E-state index in [1.54, 1.807) is 31.2 Å². The molecule has 0 unspecified atom stereocenters. The van der Waals surface area contributed by atoms with Gasteiger partial charge >= 0.3 is 0 Å². The zero-order valence-corrected chi connectivity index (χ0v) is 10.8. The van der Waals surface area contributed by atoms with E-state index in [-0.39, 0.29) is 12.3 Å². The Bertz CT molecular complexity index is 617. The molecule has 0 radical (unpaired) electrons. The number of fused-ring (bicyclic) bond motifs is 1. The SMILES string of the molecule is C[C@@H]1CC(=O)NC(=O)[C@H]1N1C(=O)c2ccccc2C1=O. The molecule has 0 bridgehead atoms. The molecule has 20 heavy (non-hydrogen) atoms. The van der Waals surface area contributed by atoms with Crippen LogP contribution in [0.2, 0.25) is 0 Å². The second-order valence-corrected chi connectivity index (χ2v) is 5.06. The molecule has 102 valence electrons. The van der Waals surface area contributed by atoms with Crippen molar-refractivity contribution in [2.75, 3.05) is 0 Å². The summed E-state index contributed by atoms with van der Waals surface area (Å²) in [5.41, 5.74) is 0.601. The third-order valence-corrected chi connectivity index (χ3v) is 3.68. The molecule has 1 fully saturated rings. The molecule has 2 aliphatic heterocycles. The van der Waals surface area contributed by atoms with Crippen molar-refractivity contribution in [3.05, 3.63) is 35.4 Å². The van der Waals surface area contributed by atoms with Crippen LogP contribution in [0, 0.1) is 5.92 Å². The van der Waals surface area contributed by atoms with Crippen molar-refractivity contribution in [2.45, 2.75) is 19.4 Å². The molecule has 6 nitrogen and oxygen atoms in total. The van der Waals surface area contributed by atoms with Crippen LogP contribution in [0.25, 0.3) is 0 Å². The number of imide groups is 2. The summed E-state index contributed by atoms with van der Waals surface area (Å²) in [4.78, 5) is 48.9. The minimum atomic E-state index is -0.930. The van der Waals surface area contributed by atoms with Gasteiger partial charge in [-0.2, -0.15) is 0 Å². The van der Waals surface area contributed by atoms with E-state index >= 15 is 0 Å². The molecular weight excluding hydrogens is 260 g/mol. The fraction of sp³-hybridized carbons (Fsp3) is 0.286. The van der Waals surface area contributed by atoms with Crippen molar-refractivity contribution in [1.82, 2.24) is 10.2 Å². The molecule has 2 heterocycles. The minimum Gasteiger partial charge on any atom is -0.295 e. The van der Waals surface area contributed by atoms with Crippen LogP contribution in [0.3, 0.4) is 0 Å². The Labute approximate surface area is 114 Å². The summed E-state index contributed by atoms with van der Waals surface area (Å²) in [6, 6.07) is 5.53. The van der Waals surface area contributed by atoms with Crippen LogP contribution in [0.4, 0.5) is 0 Å². The standard InChI is InChI=1S/C14H12N2O4/c1-7-6-10(17)15-12(18)11(7)16-13(19)8-4-2-3-5-9(8)14(16)20/h2-5,7,11H,6H2,1H3,(H,15,17,18)/t7-,11+/m1/s1. The quantitative estimate of drug-likeness (QED) is 0.747. The van der Waals surface area contributed by atoms with Gasteiger partial charge in [0.2, 0.25) is 11.8 Å². The monoisotopic (exact) mass is 272 g/mol.